The van der Waals surface area contributed by atoms with E-state index in [-0.39, 0.29) is 6.29 Å². The van der Waals surface area contributed by atoms with Crippen molar-refractivity contribution in [2.45, 2.75) is 42.9 Å². The number of hydrogen-bond acceptors (Lipinski definition) is 15. The molecule has 1 aliphatic rings. The first-order valence-electron chi connectivity index (χ1n) is 8.53. The number of carboxylic acid groups (broad SMARTS) is 1. The molecule has 1 rings (SSSR count). The summed E-state index contributed by atoms with van der Waals surface area (Å²) in [7, 11) is -15.9. The molecule has 0 aromatic rings. The largest absolute Gasteiger partial charge is 0.475 e. The van der Waals surface area contributed by atoms with Crippen LogP contribution in [0.3, 0.4) is 0 Å². The number of aliphatic carboxylic acids is 1. The zero-order valence-corrected chi connectivity index (χ0v) is 19.1. The third kappa shape index (κ3) is 10.7. The first kappa shape index (κ1) is 31.2. The smallest absolute Gasteiger partial charge is 0.397 e. The van der Waals surface area contributed by atoms with Crippen LogP contribution in [0.25, 0.3) is 0 Å². The summed E-state index contributed by atoms with van der Waals surface area (Å²) in [6.45, 7) is -1.49. The van der Waals surface area contributed by atoms with E-state index in [9.17, 15) is 50.2 Å². The summed E-state index contributed by atoms with van der Waals surface area (Å²) in [6, 6.07) is -2.38. The topological polar surface area (TPSA) is 327 Å². The molecule has 204 valence electrons. The highest BCUT2D eigenvalue weighted by Gasteiger charge is 2.45. The Kier molecular flexibility index (Phi) is 10.6. The van der Waals surface area contributed by atoms with E-state index in [4.69, 9.17) is 28.2 Å². The minimum absolute atomic E-state index is 0.351. The van der Waals surface area contributed by atoms with Gasteiger partial charge < -0.3 is 34.7 Å². The van der Waals surface area contributed by atoms with Crippen molar-refractivity contribution in [2.24, 2.45) is 0 Å². The summed E-state index contributed by atoms with van der Waals surface area (Å²) < 4.78 is 111. The van der Waals surface area contributed by atoms with Crippen molar-refractivity contribution in [2.75, 3.05) is 6.61 Å². The summed E-state index contributed by atoms with van der Waals surface area (Å²) in [5.74, 6) is -3.01. The molecule has 7 unspecified atom stereocenters. The molecular weight excluding hydrogens is 558 g/mol. The van der Waals surface area contributed by atoms with Gasteiger partial charge in [-0.3, -0.25) is 13.7 Å². The molecule has 0 bridgehead atoms. The molecule has 0 saturated carbocycles. The average Bonchev–Trinajstić information content (AvgIpc) is 2.67. The molecule has 0 spiro atoms. The zero-order chi connectivity index (χ0) is 27.4. The summed E-state index contributed by atoms with van der Waals surface area (Å²) in [4.78, 5) is 22.4. The van der Waals surface area contributed by atoms with Gasteiger partial charge in [0.1, 0.15) is 36.7 Å². The highest BCUT2D eigenvalue weighted by molar-refractivity contribution is 7.83. The fourth-order valence-corrected chi connectivity index (χ4v) is 3.81. The van der Waals surface area contributed by atoms with Crippen LogP contribution in [0.15, 0.2) is 11.8 Å². The number of carbonyl (C=O) groups is 2. The maximum Gasteiger partial charge on any atom is 0.397 e. The summed E-state index contributed by atoms with van der Waals surface area (Å²) in [5.41, 5.74) is 0. The number of hydrogen-bond donors (Lipinski definition) is 8. The van der Waals surface area contributed by atoms with Gasteiger partial charge in [0, 0.05) is 0 Å². The molecule has 1 heterocycles. The SMILES string of the molecule is O=CC(NS(=O)(=O)O)C(O)C(OC1OC(C(=O)O)=CC(O)C1OS(=O)(=O)O)C(O)COS(=O)(=O)O. The van der Waals surface area contributed by atoms with E-state index in [2.05, 4.69) is 8.37 Å². The molecule has 35 heavy (non-hydrogen) atoms. The van der Waals surface area contributed by atoms with Gasteiger partial charge in [-0.05, 0) is 6.08 Å². The molecule has 0 aliphatic carbocycles. The van der Waals surface area contributed by atoms with Gasteiger partial charge in [0.15, 0.2) is 6.10 Å². The Hall–Kier alpha value is -1.87. The van der Waals surface area contributed by atoms with Gasteiger partial charge in [0.25, 0.3) is 0 Å². The molecule has 20 nitrogen and oxygen atoms in total. The van der Waals surface area contributed by atoms with E-state index < -0.39 is 92.3 Å². The summed E-state index contributed by atoms with van der Waals surface area (Å²) >= 11 is 0. The lowest BCUT2D eigenvalue weighted by molar-refractivity contribution is -0.250. The molecule has 0 saturated heterocycles. The standard InChI is InChI=1S/C12H19NO19S3/c14-2-4(13-33(20,21)22)8(17)9(6(16)3-29-34(23,24)25)31-12-10(32-35(26,27)28)5(15)1-7(30-12)11(18)19/h1-2,4-6,8-10,12-13,15-17H,3H2,(H,18,19)(H,20,21,22)(H,23,24,25)(H,26,27,28). The number of carboxylic acids is 1. The zero-order valence-electron chi connectivity index (χ0n) is 16.7. The van der Waals surface area contributed by atoms with Gasteiger partial charge in [-0.15, -0.1) is 0 Å². The van der Waals surface area contributed by atoms with Gasteiger partial charge in [-0.25, -0.2) is 13.2 Å². The molecule has 0 fully saturated rings. The molecule has 8 N–H and O–H groups in total. The Morgan fingerprint density at radius 3 is 2.11 bits per heavy atom. The van der Waals surface area contributed by atoms with Crippen LogP contribution >= 0.6 is 0 Å². The van der Waals surface area contributed by atoms with Crippen LogP contribution in [0.5, 0.6) is 0 Å². The Morgan fingerprint density at radius 1 is 1.11 bits per heavy atom. The lowest BCUT2D eigenvalue weighted by Crippen LogP contribution is -2.57. The van der Waals surface area contributed by atoms with Crippen molar-refractivity contribution in [1.82, 2.24) is 4.72 Å². The molecule has 0 radical (unpaired) electrons. The number of carbonyl (C=O) groups excluding carboxylic acids is 1. The number of rotatable bonds is 14. The molecule has 0 aromatic heterocycles. The second kappa shape index (κ2) is 11.9. The normalized spacial score (nSPS) is 25.0. The van der Waals surface area contributed by atoms with Gasteiger partial charge in [0.2, 0.25) is 12.0 Å². The number of aldehydes is 1. The molecule has 7 atom stereocenters. The van der Waals surface area contributed by atoms with Crippen molar-refractivity contribution < 1.29 is 86.8 Å². The fourth-order valence-electron chi connectivity index (χ4n) is 2.47. The first-order valence-corrected chi connectivity index (χ1v) is 12.7. The predicted octanol–water partition coefficient (Wildman–Crippen LogP) is -5.25. The van der Waals surface area contributed by atoms with Crippen molar-refractivity contribution in [3.05, 3.63) is 11.8 Å². The monoisotopic (exact) mass is 577 g/mol. The minimum atomic E-state index is -5.42. The van der Waals surface area contributed by atoms with E-state index in [1.54, 1.807) is 0 Å². The molecule has 0 amide bonds. The van der Waals surface area contributed by atoms with E-state index in [1.165, 1.54) is 4.72 Å². The number of ether oxygens (including phenoxy) is 2. The van der Waals surface area contributed by atoms with E-state index in [0.29, 0.717) is 6.08 Å². The van der Waals surface area contributed by atoms with Crippen LogP contribution in [0, 0.1) is 0 Å². The molecular formula is C12H19NO19S3. The van der Waals surface area contributed by atoms with Crippen molar-refractivity contribution in [3.8, 4) is 0 Å². The molecule has 23 heteroatoms. The van der Waals surface area contributed by atoms with Crippen LogP contribution in [0.4, 0.5) is 0 Å². The average molecular weight is 577 g/mol. The minimum Gasteiger partial charge on any atom is -0.475 e. The van der Waals surface area contributed by atoms with Crippen LogP contribution in [-0.2, 0) is 58.5 Å². The highest BCUT2D eigenvalue weighted by atomic mass is 32.3. The first-order chi connectivity index (χ1) is 15.7. The molecule has 1 aliphatic heterocycles. The van der Waals surface area contributed by atoms with Crippen LogP contribution in [-0.4, -0.2) is 121 Å². The van der Waals surface area contributed by atoms with Gasteiger partial charge in [-0.2, -0.15) is 30.0 Å². The lowest BCUT2D eigenvalue weighted by Gasteiger charge is -2.37. The van der Waals surface area contributed by atoms with E-state index >= 15 is 0 Å². The number of aliphatic hydroxyl groups is 3. The predicted molar refractivity (Wildman–Crippen MR) is 102 cm³/mol. The lowest BCUT2D eigenvalue weighted by atomic mass is 10.0. The quantitative estimate of drug-likeness (QED) is 0.0705. The van der Waals surface area contributed by atoms with Crippen LogP contribution in [0.1, 0.15) is 0 Å². The fraction of sp³-hybridized carbons (Fsp3) is 0.667. The Balaban J connectivity index is 3.43. The third-order valence-electron chi connectivity index (χ3n) is 3.81. The van der Waals surface area contributed by atoms with Crippen LogP contribution in [0.2, 0.25) is 0 Å². The van der Waals surface area contributed by atoms with Gasteiger partial charge in [-0.1, -0.05) is 0 Å². The number of aliphatic hydroxyl groups excluding tert-OH is 3. The highest BCUT2D eigenvalue weighted by Crippen LogP contribution is 2.26. The Labute approximate surface area is 196 Å². The van der Waals surface area contributed by atoms with Gasteiger partial charge in [0.05, 0.1) is 6.61 Å². The molecule has 0 aromatic carbocycles. The third-order valence-corrected chi connectivity index (χ3v) is 5.28. The Morgan fingerprint density at radius 2 is 1.69 bits per heavy atom. The van der Waals surface area contributed by atoms with E-state index in [0.717, 1.165) is 0 Å². The summed E-state index contributed by atoms with van der Waals surface area (Å²) in [6.07, 6.45) is -14.7. The number of nitrogens with one attached hydrogen (secondary N) is 1. The second-order valence-electron chi connectivity index (χ2n) is 6.43. The van der Waals surface area contributed by atoms with Crippen molar-refractivity contribution in [3.63, 3.8) is 0 Å². The van der Waals surface area contributed by atoms with E-state index in [1.807, 2.05) is 0 Å². The van der Waals surface area contributed by atoms with Crippen molar-refractivity contribution >= 4 is 43.4 Å². The van der Waals surface area contributed by atoms with Crippen LogP contribution < -0.4 is 4.72 Å². The van der Waals surface area contributed by atoms with Gasteiger partial charge >= 0.3 is 37.1 Å². The second-order valence-corrected chi connectivity index (χ2v) is 9.75. The maximum atomic E-state index is 11.2. The summed E-state index contributed by atoms with van der Waals surface area (Å²) in [5, 5.41) is 39.5. The van der Waals surface area contributed by atoms with Crippen molar-refractivity contribution in [1.29, 1.82) is 0 Å². The maximum absolute atomic E-state index is 11.2. The Bertz CT molecular complexity index is 1110.